The van der Waals surface area contributed by atoms with E-state index in [0.29, 0.717) is 11.5 Å². The number of likely N-dealkylation sites (tertiary alicyclic amines) is 1. The number of benzene rings is 1. The Balaban J connectivity index is 1.34. The van der Waals surface area contributed by atoms with Crippen LogP contribution in [-0.4, -0.2) is 54.2 Å². The minimum atomic E-state index is 0.515. The molecule has 1 spiro atoms. The highest BCUT2D eigenvalue weighted by atomic mass is 32.1. The van der Waals surface area contributed by atoms with Crippen LogP contribution in [-0.2, 0) is 0 Å². The van der Waals surface area contributed by atoms with Gasteiger partial charge in [0, 0.05) is 52.1 Å². The zero-order valence-corrected chi connectivity index (χ0v) is 18.6. The summed E-state index contributed by atoms with van der Waals surface area (Å²) in [6.45, 7) is 11.5. The standard InChI is InChI=1S/C23H30N4OS/c1-15(2)26-9-7-23(8-10-26)13-27(14-23)22-25-20(12-29-22)21-16(3)24-19-6-5-17(28-4)11-18(19)21/h5-6,11-12,15,24H,7-10,13-14H2,1-4H3. The quantitative estimate of drug-likeness (QED) is 0.663. The maximum Gasteiger partial charge on any atom is 0.185 e. The number of aryl methyl sites for hydroxylation is 1. The van der Waals surface area contributed by atoms with Crippen LogP contribution in [0.1, 0.15) is 32.4 Å². The van der Waals surface area contributed by atoms with E-state index in [9.17, 15) is 0 Å². The molecule has 1 N–H and O–H groups in total. The first-order valence-corrected chi connectivity index (χ1v) is 11.5. The van der Waals surface area contributed by atoms with Gasteiger partial charge < -0.3 is 19.5 Å². The number of aromatic nitrogens is 2. The minimum absolute atomic E-state index is 0.515. The van der Waals surface area contributed by atoms with E-state index in [1.807, 2.05) is 6.07 Å². The average molecular weight is 411 g/mol. The van der Waals surface area contributed by atoms with E-state index < -0.39 is 0 Å². The van der Waals surface area contributed by atoms with Crippen molar-refractivity contribution < 1.29 is 4.74 Å². The Hall–Kier alpha value is -2.05. The van der Waals surface area contributed by atoms with E-state index in [4.69, 9.17) is 9.72 Å². The molecule has 0 bridgehead atoms. The van der Waals surface area contributed by atoms with E-state index in [1.165, 1.54) is 36.9 Å². The molecule has 29 heavy (non-hydrogen) atoms. The fourth-order valence-corrected chi connectivity index (χ4v) is 5.83. The molecule has 5 rings (SSSR count). The number of hydrogen-bond acceptors (Lipinski definition) is 5. The maximum atomic E-state index is 5.43. The molecule has 0 atom stereocenters. The van der Waals surface area contributed by atoms with Crippen molar-refractivity contribution in [1.29, 1.82) is 0 Å². The highest BCUT2D eigenvalue weighted by Gasteiger charge is 2.45. The molecule has 0 unspecified atom stereocenters. The van der Waals surface area contributed by atoms with E-state index in [-0.39, 0.29) is 0 Å². The molecule has 2 fully saturated rings. The van der Waals surface area contributed by atoms with E-state index >= 15 is 0 Å². The molecule has 0 radical (unpaired) electrons. The van der Waals surface area contributed by atoms with Crippen LogP contribution >= 0.6 is 11.3 Å². The van der Waals surface area contributed by atoms with Gasteiger partial charge in [-0.1, -0.05) is 0 Å². The molecule has 3 aromatic rings. The molecule has 0 aliphatic carbocycles. The summed E-state index contributed by atoms with van der Waals surface area (Å²) < 4.78 is 5.43. The summed E-state index contributed by atoms with van der Waals surface area (Å²) in [4.78, 5) is 13.6. The number of hydrogen-bond donors (Lipinski definition) is 1. The van der Waals surface area contributed by atoms with Gasteiger partial charge in [0.25, 0.3) is 0 Å². The van der Waals surface area contributed by atoms with E-state index in [1.54, 1.807) is 18.4 Å². The van der Waals surface area contributed by atoms with Crippen molar-refractivity contribution in [1.82, 2.24) is 14.9 Å². The molecule has 0 amide bonds. The Morgan fingerprint density at radius 3 is 2.66 bits per heavy atom. The third-order valence-electron chi connectivity index (χ3n) is 6.85. The first-order valence-electron chi connectivity index (χ1n) is 10.6. The van der Waals surface area contributed by atoms with Crippen LogP contribution in [0.5, 0.6) is 5.75 Å². The second-order valence-electron chi connectivity index (χ2n) is 9.04. The molecule has 2 aliphatic rings. The van der Waals surface area contributed by atoms with Gasteiger partial charge in [0.1, 0.15) is 5.75 Å². The van der Waals surface area contributed by atoms with Crippen molar-refractivity contribution in [3.8, 4) is 17.0 Å². The lowest BCUT2D eigenvalue weighted by Crippen LogP contribution is -2.61. The normalized spacial score (nSPS) is 19.3. The number of H-pyrrole nitrogens is 1. The molecule has 5 nitrogen and oxygen atoms in total. The highest BCUT2D eigenvalue weighted by molar-refractivity contribution is 7.14. The number of ether oxygens (including phenoxy) is 1. The first-order chi connectivity index (χ1) is 14.0. The molecular formula is C23H30N4OS. The van der Waals surface area contributed by atoms with Crippen LogP contribution in [0, 0.1) is 12.3 Å². The number of piperidine rings is 1. The molecule has 154 valence electrons. The molecular weight excluding hydrogens is 380 g/mol. The lowest BCUT2D eigenvalue weighted by atomic mass is 9.72. The Morgan fingerprint density at radius 1 is 1.21 bits per heavy atom. The first kappa shape index (κ1) is 18.9. The van der Waals surface area contributed by atoms with Crippen LogP contribution in [0.4, 0.5) is 5.13 Å². The Bertz CT molecular complexity index is 1020. The summed E-state index contributed by atoms with van der Waals surface area (Å²) in [7, 11) is 1.71. The van der Waals surface area contributed by atoms with Crippen LogP contribution in [0.25, 0.3) is 22.2 Å². The van der Waals surface area contributed by atoms with Crippen LogP contribution in [0.15, 0.2) is 23.6 Å². The highest BCUT2D eigenvalue weighted by Crippen LogP contribution is 2.45. The Morgan fingerprint density at radius 2 is 1.97 bits per heavy atom. The van der Waals surface area contributed by atoms with Crippen molar-refractivity contribution >= 4 is 27.4 Å². The van der Waals surface area contributed by atoms with Gasteiger partial charge in [-0.2, -0.15) is 0 Å². The zero-order valence-electron chi connectivity index (χ0n) is 17.8. The van der Waals surface area contributed by atoms with Gasteiger partial charge in [0.2, 0.25) is 0 Å². The lowest BCUT2D eigenvalue weighted by Gasteiger charge is -2.54. The maximum absolute atomic E-state index is 5.43. The van der Waals surface area contributed by atoms with Crippen molar-refractivity contribution in [2.75, 3.05) is 38.2 Å². The molecule has 0 saturated carbocycles. The molecule has 2 saturated heterocycles. The van der Waals surface area contributed by atoms with Gasteiger partial charge in [-0.25, -0.2) is 4.98 Å². The van der Waals surface area contributed by atoms with Crippen LogP contribution < -0.4 is 9.64 Å². The van der Waals surface area contributed by atoms with Gasteiger partial charge in [-0.3, -0.25) is 0 Å². The average Bonchev–Trinajstić information content (AvgIpc) is 3.28. The predicted octanol–water partition coefficient (Wildman–Crippen LogP) is 4.92. The molecule has 6 heteroatoms. The topological polar surface area (TPSA) is 44.4 Å². The molecule has 2 aromatic heterocycles. The number of rotatable bonds is 4. The van der Waals surface area contributed by atoms with Crippen molar-refractivity contribution in [2.45, 2.75) is 39.7 Å². The van der Waals surface area contributed by atoms with Gasteiger partial charge >= 0.3 is 0 Å². The Labute approximate surface area is 176 Å². The van der Waals surface area contributed by atoms with Crippen molar-refractivity contribution in [3.63, 3.8) is 0 Å². The minimum Gasteiger partial charge on any atom is -0.497 e. The number of fused-ring (bicyclic) bond motifs is 1. The van der Waals surface area contributed by atoms with Crippen molar-refractivity contribution in [3.05, 3.63) is 29.3 Å². The third-order valence-corrected chi connectivity index (χ3v) is 7.75. The molecule has 2 aliphatic heterocycles. The summed E-state index contributed by atoms with van der Waals surface area (Å²) >= 11 is 1.77. The van der Waals surface area contributed by atoms with Gasteiger partial charge in [-0.05, 0) is 64.9 Å². The number of thiazole rings is 1. The van der Waals surface area contributed by atoms with Crippen LogP contribution in [0.2, 0.25) is 0 Å². The van der Waals surface area contributed by atoms with Crippen LogP contribution in [0.3, 0.4) is 0 Å². The van der Waals surface area contributed by atoms with E-state index in [0.717, 1.165) is 40.9 Å². The molecule has 4 heterocycles. The fourth-order valence-electron chi connectivity index (χ4n) is 5.02. The third kappa shape index (κ3) is 3.22. The number of methoxy groups -OCH3 is 1. The summed E-state index contributed by atoms with van der Waals surface area (Å²) in [6.07, 6.45) is 2.64. The number of anilines is 1. The number of nitrogens with one attached hydrogen (secondary N) is 1. The lowest BCUT2D eigenvalue weighted by molar-refractivity contribution is 0.0601. The summed E-state index contributed by atoms with van der Waals surface area (Å²) in [5.41, 5.74) is 5.07. The number of nitrogens with zero attached hydrogens (tertiary/aromatic N) is 3. The summed E-state index contributed by atoms with van der Waals surface area (Å²) in [5, 5.41) is 4.55. The van der Waals surface area contributed by atoms with Gasteiger partial charge in [0.15, 0.2) is 5.13 Å². The smallest absolute Gasteiger partial charge is 0.185 e. The second kappa shape index (κ2) is 7.03. The van der Waals surface area contributed by atoms with Crippen molar-refractivity contribution in [2.24, 2.45) is 5.41 Å². The Kier molecular flexibility index (Phi) is 4.59. The summed E-state index contributed by atoms with van der Waals surface area (Å²) in [6, 6.07) is 6.86. The molecule has 1 aromatic carbocycles. The predicted molar refractivity (Wildman–Crippen MR) is 121 cm³/mol. The monoisotopic (exact) mass is 410 g/mol. The van der Waals surface area contributed by atoms with Gasteiger partial charge in [0.05, 0.1) is 12.8 Å². The zero-order chi connectivity index (χ0) is 20.2. The second-order valence-corrected chi connectivity index (χ2v) is 9.87. The number of aromatic amines is 1. The van der Waals surface area contributed by atoms with Gasteiger partial charge in [-0.15, -0.1) is 11.3 Å². The largest absolute Gasteiger partial charge is 0.497 e. The summed E-state index contributed by atoms with van der Waals surface area (Å²) in [5.74, 6) is 0.880. The SMILES string of the molecule is COc1ccc2[nH]c(C)c(-c3csc(N4CC5(CCN(C(C)C)CC5)C4)n3)c2c1. The van der Waals surface area contributed by atoms with E-state index in [2.05, 4.69) is 53.1 Å². The fraction of sp³-hybridized carbons (Fsp3) is 0.522.